The normalized spacial score (nSPS) is 14.3. The largest absolute Gasteiger partial charge is 0.346 e. The van der Waals surface area contributed by atoms with Crippen molar-refractivity contribution in [3.8, 4) is 5.69 Å². The second-order valence-corrected chi connectivity index (χ2v) is 6.92. The zero-order chi connectivity index (χ0) is 18.7. The summed E-state index contributed by atoms with van der Waals surface area (Å²) in [6.07, 6.45) is 2.55. The summed E-state index contributed by atoms with van der Waals surface area (Å²) in [5.74, 6) is -0.359. The molecular weight excluding hydrogens is 366 g/mol. The van der Waals surface area contributed by atoms with Crippen molar-refractivity contribution in [1.29, 1.82) is 0 Å². The minimum absolute atomic E-state index is 0. The topological polar surface area (TPSA) is 93.2 Å². The van der Waals surface area contributed by atoms with Gasteiger partial charge in [0.05, 0.1) is 30.2 Å². The highest BCUT2D eigenvalue weighted by Crippen LogP contribution is 2.21. The molecule has 0 spiro atoms. The third kappa shape index (κ3) is 4.67. The molecule has 2 aromatic rings. The molecule has 1 aromatic heterocycles. The average molecular weight is 392 g/mol. The summed E-state index contributed by atoms with van der Waals surface area (Å²) in [5.41, 5.74) is 8.99. The molecular formula is C19H26ClN5O2. The van der Waals surface area contributed by atoms with Crippen LogP contribution in [0, 0.1) is 5.92 Å². The molecule has 0 saturated carbocycles. The average Bonchev–Trinajstić information content (AvgIpc) is 3.08. The molecule has 3 N–H and O–H groups in total. The first kappa shape index (κ1) is 20.9. The Kier molecular flexibility index (Phi) is 6.98. The van der Waals surface area contributed by atoms with Crippen LogP contribution in [0.2, 0.25) is 0 Å². The quantitative estimate of drug-likeness (QED) is 0.802. The fourth-order valence-electron chi connectivity index (χ4n) is 3.03. The van der Waals surface area contributed by atoms with Crippen LogP contribution in [0.3, 0.4) is 0 Å². The van der Waals surface area contributed by atoms with Gasteiger partial charge in [0.2, 0.25) is 11.8 Å². The van der Waals surface area contributed by atoms with Crippen LogP contribution >= 0.6 is 12.4 Å². The molecule has 0 radical (unpaired) electrons. The summed E-state index contributed by atoms with van der Waals surface area (Å²) in [6, 6.07) is 9.36. The van der Waals surface area contributed by atoms with Crippen molar-refractivity contribution in [1.82, 2.24) is 20.0 Å². The monoisotopic (exact) mass is 391 g/mol. The summed E-state index contributed by atoms with van der Waals surface area (Å²) in [7, 11) is 0. The Morgan fingerprint density at radius 1 is 1.26 bits per heavy atom. The first-order valence-corrected chi connectivity index (χ1v) is 8.89. The Morgan fingerprint density at radius 2 is 1.96 bits per heavy atom. The van der Waals surface area contributed by atoms with Crippen LogP contribution < -0.4 is 11.1 Å². The van der Waals surface area contributed by atoms with E-state index in [1.54, 1.807) is 4.90 Å². The number of benzene rings is 1. The number of aromatic nitrogens is 2. The van der Waals surface area contributed by atoms with Gasteiger partial charge in [-0.3, -0.25) is 9.59 Å². The summed E-state index contributed by atoms with van der Waals surface area (Å²) >= 11 is 0. The standard InChI is InChI=1S/C19H25N5O2.ClH/c1-13(2)18(20)19(26)21-11-17(25)23-9-8-16-14(12-23)10-22-24(16)15-6-4-3-5-7-15;/h3-7,10,13,18H,8-9,11-12,20H2,1-2H3,(H,21,26);1H/t18-;/m0./s1. The highest BCUT2D eigenvalue weighted by Gasteiger charge is 2.25. The van der Waals surface area contributed by atoms with E-state index in [2.05, 4.69) is 10.4 Å². The zero-order valence-corrected chi connectivity index (χ0v) is 16.4. The molecule has 0 fully saturated rings. The molecule has 0 saturated heterocycles. The number of fused-ring (bicyclic) bond motifs is 1. The van der Waals surface area contributed by atoms with Crippen molar-refractivity contribution < 1.29 is 9.59 Å². The number of carbonyl (C=O) groups is 2. The van der Waals surface area contributed by atoms with Crippen molar-refractivity contribution >= 4 is 24.2 Å². The number of halogens is 1. The minimum atomic E-state index is -0.597. The van der Waals surface area contributed by atoms with Gasteiger partial charge in [-0.2, -0.15) is 5.10 Å². The molecule has 2 heterocycles. The minimum Gasteiger partial charge on any atom is -0.346 e. The van der Waals surface area contributed by atoms with Gasteiger partial charge in [-0.1, -0.05) is 32.0 Å². The van der Waals surface area contributed by atoms with Gasteiger partial charge in [0.25, 0.3) is 0 Å². The fourth-order valence-corrected chi connectivity index (χ4v) is 3.03. The zero-order valence-electron chi connectivity index (χ0n) is 15.6. The number of amides is 2. The third-order valence-electron chi connectivity index (χ3n) is 4.72. The van der Waals surface area contributed by atoms with Crippen LogP contribution in [-0.4, -0.2) is 45.6 Å². The predicted octanol–water partition coefficient (Wildman–Crippen LogP) is 1.28. The number of para-hydroxylation sites is 1. The van der Waals surface area contributed by atoms with E-state index < -0.39 is 6.04 Å². The van der Waals surface area contributed by atoms with Crippen LogP contribution in [0.15, 0.2) is 36.5 Å². The van der Waals surface area contributed by atoms with Gasteiger partial charge in [0.1, 0.15) is 0 Å². The molecule has 0 bridgehead atoms. The highest BCUT2D eigenvalue weighted by atomic mass is 35.5. The lowest BCUT2D eigenvalue weighted by atomic mass is 10.1. The summed E-state index contributed by atoms with van der Waals surface area (Å²) in [6.45, 7) is 4.84. The number of rotatable bonds is 5. The number of hydrogen-bond donors (Lipinski definition) is 2. The van der Waals surface area contributed by atoms with Crippen LogP contribution in [0.4, 0.5) is 0 Å². The number of nitrogens with zero attached hydrogens (tertiary/aromatic N) is 3. The van der Waals surface area contributed by atoms with Gasteiger partial charge in [0.15, 0.2) is 0 Å². The van der Waals surface area contributed by atoms with Crippen molar-refractivity contribution in [2.45, 2.75) is 32.9 Å². The van der Waals surface area contributed by atoms with Crippen LogP contribution in [0.1, 0.15) is 25.1 Å². The van der Waals surface area contributed by atoms with Gasteiger partial charge in [-0.05, 0) is 18.1 Å². The lowest BCUT2D eigenvalue weighted by Crippen LogP contribution is -2.48. The van der Waals surface area contributed by atoms with E-state index in [4.69, 9.17) is 5.73 Å². The van der Waals surface area contributed by atoms with Crippen LogP contribution in [0.5, 0.6) is 0 Å². The lowest BCUT2D eigenvalue weighted by Gasteiger charge is -2.28. The van der Waals surface area contributed by atoms with E-state index in [0.29, 0.717) is 13.1 Å². The molecule has 1 aliphatic rings. The Bertz CT molecular complexity index is 791. The maximum absolute atomic E-state index is 12.4. The first-order chi connectivity index (χ1) is 12.5. The molecule has 1 aliphatic heterocycles. The SMILES string of the molecule is CC(C)[C@H](N)C(=O)NCC(=O)N1CCc2c(cnn2-c2ccccc2)C1.Cl. The Labute approximate surface area is 165 Å². The fraction of sp³-hybridized carbons (Fsp3) is 0.421. The lowest BCUT2D eigenvalue weighted by molar-refractivity contribution is -0.134. The van der Waals surface area contributed by atoms with Crippen molar-refractivity contribution in [3.05, 3.63) is 47.8 Å². The van der Waals surface area contributed by atoms with Crippen LogP contribution in [0.25, 0.3) is 5.69 Å². The molecule has 8 heteroatoms. The first-order valence-electron chi connectivity index (χ1n) is 8.89. The number of carbonyl (C=O) groups excluding carboxylic acids is 2. The summed E-state index contributed by atoms with van der Waals surface area (Å²) < 4.78 is 1.93. The highest BCUT2D eigenvalue weighted by molar-refractivity contribution is 5.87. The van der Waals surface area contributed by atoms with Gasteiger partial charge in [-0.25, -0.2) is 4.68 Å². The number of hydrogen-bond acceptors (Lipinski definition) is 4. The Balaban J connectivity index is 0.00000261. The van der Waals surface area contributed by atoms with E-state index >= 15 is 0 Å². The maximum atomic E-state index is 12.4. The molecule has 1 atom stereocenters. The Hall–Kier alpha value is -2.38. The number of nitrogens with one attached hydrogen (secondary N) is 1. The van der Waals surface area contributed by atoms with E-state index in [1.165, 1.54) is 0 Å². The van der Waals surface area contributed by atoms with Crippen molar-refractivity contribution in [2.24, 2.45) is 11.7 Å². The molecule has 27 heavy (non-hydrogen) atoms. The van der Waals surface area contributed by atoms with Gasteiger partial charge in [-0.15, -0.1) is 12.4 Å². The van der Waals surface area contributed by atoms with Gasteiger partial charge >= 0.3 is 0 Å². The van der Waals surface area contributed by atoms with Gasteiger partial charge in [0, 0.05) is 25.1 Å². The van der Waals surface area contributed by atoms with E-state index in [9.17, 15) is 9.59 Å². The second kappa shape index (κ2) is 9.01. The Morgan fingerprint density at radius 3 is 2.63 bits per heavy atom. The van der Waals surface area contributed by atoms with E-state index in [0.717, 1.165) is 23.4 Å². The van der Waals surface area contributed by atoms with Gasteiger partial charge < -0.3 is 16.0 Å². The second-order valence-electron chi connectivity index (χ2n) is 6.92. The maximum Gasteiger partial charge on any atom is 0.242 e. The smallest absolute Gasteiger partial charge is 0.242 e. The summed E-state index contributed by atoms with van der Waals surface area (Å²) in [5, 5.41) is 7.11. The summed E-state index contributed by atoms with van der Waals surface area (Å²) in [4.78, 5) is 26.1. The molecule has 0 aliphatic carbocycles. The molecule has 1 aromatic carbocycles. The van der Waals surface area contributed by atoms with Crippen LogP contribution in [-0.2, 0) is 22.6 Å². The predicted molar refractivity (Wildman–Crippen MR) is 106 cm³/mol. The van der Waals surface area contributed by atoms with Crippen molar-refractivity contribution in [3.63, 3.8) is 0 Å². The molecule has 0 unspecified atom stereocenters. The molecule has 7 nitrogen and oxygen atoms in total. The number of nitrogens with two attached hydrogens (primary N) is 1. The third-order valence-corrected chi connectivity index (χ3v) is 4.72. The van der Waals surface area contributed by atoms with Crippen molar-refractivity contribution in [2.75, 3.05) is 13.1 Å². The van der Waals surface area contributed by atoms with E-state index in [1.807, 2.05) is 55.1 Å². The molecule has 146 valence electrons. The molecule has 2 amide bonds. The van der Waals surface area contributed by atoms with E-state index in [-0.39, 0.29) is 36.7 Å². The molecule has 3 rings (SSSR count).